The van der Waals surface area contributed by atoms with Crippen molar-refractivity contribution in [2.75, 3.05) is 72.6 Å². The van der Waals surface area contributed by atoms with Gasteiger partial charge in [0.25, 0.3) is 29.5 Å². The summed E-state index contributed by atoms with van der Waals surface area (Å²) in [5, 5.41) is 26.4. The molecule has 1 fully saturated rings. The summed E-state index contributed by atoms with van der Waals surface area (Å²) in [7, 11) is 2.17. The number of aromatic nitrogens is 3. The van der Waals surface area contributed by atoms with Crippen LogP contribution in [0.5, 0.6) is 11.5 Å². The maximum absolute atomic E-state index is 13.2. The van der Waals surface area contributed by atoms with Crippen LogP contribution < -0.4 is 40.8 Å². The fourth-order valence-corrected chi connectivity index (χ4v) is 17.0. The third-order valence-corrected chi connectivity index (χ3v) is 24.6. The molecule has 18 nitrogen and oxygen atoms in total. The highest BCUT2D eigenvalue weighted by molar-refractivity contribution is 6.29. The molecule has 1 saturated heterocycles. The predicted octanol–water partition coefficient (Wildman–Crippen LogP) is 22.6. The van der Waals surface area contributed by atoms with Crippen LogP contribution in [-0.2, 0) is 17.9 Å². The number of ether oxygens (including phenoxy) is 2. The van der Waals surface area contributed by atoms with Gasteiger partial charge in [-0.3, -0.25) is 33.9 Å². The number of halogens is 3. The Labute approximate surface area is 836 Å². The van der Waals surface area contributed by atoms with E-state index in [-0.39, 0.29) is 77.4 Å². The number of nitrogens with zero attached hydrogens (tertiary/aromatic N) is 5. The van der Waals surface area contributed by atoms with Crippen LogP contribution in [0.3, 0.4) is 0 Å². The van der Waals surface area contributed by atoms with Crippen LogP contribution in [0.25, 0.3) is 0 Å². The Morgan fingerprint density at radius 1 is 0.352 bits per heavy atom. The van der Waals surface area contributed by atoms with E-state index >= 15 is 0 Å². The Bertz CT molecular complexity index is 6070. The minimum atomic E-state index is -0.309. The highest BCUT2D eigenvalue weighted by atomic mass is 35.5. The summed E-state index contributed by atoms with van der Waals surface area (Å²) in [6.45, 7) is 8.61. The molecule has 0 unspecified atom stereocenters. The van der Waals surface area contributed by atoms with Gasteiger partial charge in [0, 0.05) is 131 Å². The van der Waals surface area contributed by atoms with Gasteiger partial charge in [-0.15, -0.1) is 0 Å². The number of amides is 5. The number of benzene rings is 13. The fourth-order valence-electron chi connectivity index (χ4n) is 16.8. The van der Waals surface area contributed by atoms with Gasteiger partial charge in [-0.05, 0) is 197 Å². The summed E-state index contributed by atoms with van der Waals surface area (Å²) in [5.41, 5.74) is 16.3. The average molecular weight is 1910 g/mol. The van der Waals surface area contributed by atoms with Crippen molar-refractivity contribution in [2.24, 2.45) is 0 Å². The van der Waals surface area contributed by atoms with Gasteiger partial charge >= 0.3 is 0 Å². The zero-order chi connectivity index (χ0) is 98.9. The second-order valence-corrected chi connectivity index (χ2v) is 34.7. The van der Waals surface area contributed by atoms with Crippen LogP contribution >= 0.6 is 11.6 Å². The van der Waals surface area contributed by atoms with E-state index in [4.69, 9.17) is 21.1 Å². The zero-order valence-electron chi connectivity index (χ0n) is 79.6. The van der Waals surface area contributed by atoms with E-state index in [1.165, 1.54) is 99.1 Å². The van der Waals surface area contributed by atoms with Gasteiger partial charge in [0.15, 0.2) is 19.0 Å². The molecule has 0 atom stereocenters. The highest BCUT2D eigenvalue weighted by Gasteiger charge is 2.23. The first kappa shape index (κ1) is 104. The molecule has 5 amide bonds. The molecule has 0 bridgehead atoms. The number of piperazine rings is 1. The SMILES string of the molecule is CN1CCN(Cc2ccc(C(=O)NCCC(c3ccccc3)c3ccccc3)cc2)CC1.O=C(COc1ccc(OCc2ccccc2)cc1)NCCC(c1ccccc1)c1ccccc1.O=C(NCCC(c1ccc(F)cc1)c1ccc(F)cc1)c1cccnc1.O=C(NCCC(c1ccccc1)c1ccccc1)c1ccc[n+]([O-])c1.O=C(NCCC(c1ccccc1)c1ccccc1)c1ccnc(Cl)c1. The molecular formula is C121H119ClF2N10O8. The van der Waals surface area contributed by atoms with Gasteiger partial charge in [0.05, 0.1) is 5.56 Å². The zero-order valence-corrected chi connectivity index (χ0v) is 80.4. The molecule has 1 aliphatic heterocycles. The molecule has 17 rings (SSSR count). The van der Waals surface area contributed by atoms with Gasteiger partial charge in [0.2, 0.25) is 0 Å². The molecular weight excluding hydrogens is 1790 g/mol. The van der Waals surface area contributed by atoms with Crippen LogP contribution in [0.4, 0.5) is 8.78 Å². The first-order valence-electron chi connectivity index (χ1n) is 48.0. The van der Waals surface area contributed by atoms with Crippen LogP contribution in [0.1, 0.15) is 170 Å². The quantitative estimate of drug-likeness (QED) is 0.0139. The van der Waals surface area contributed by atoms with Crippen molar-refractivity contribution in [1.82, 2.24) is 46.4 Å². The van der Waals surface area contributed by atoms with E-state index in [9.17, 15) is 38.0 Å². The molecule has 0 spiro atoms. The number of nitrogens with one attached hydrogen (secondary N) is 5. The fraction of sp³-hybridized carbons (Fsp3) is 0.190. The van der Waals surface area contributed by atoms with Crippen LogP contribution in [0.15, 0.2) is 437 Å². The lowest BCUT2D eigenvalue weighted by Gasteiger charge is -2.32. The number of hydrogen-bond donors (Lipinski definition) is 5. The molecule has 0 radical (unpaired) electrons. The molecule has 0 aliphatic carbocycles. The van der Waals surface area contributed by atoms with E-state index in [1.54, 1.807) is 66.9 Å². The van der Waals surface area contributed by atoms with Crippen molar-refractivity contribution >= 4 is 41.1 Å². The topological polar surface area (TPSA) is 223 Å². The van der Waals surface area contributed by atoms with Crippen molar-refractivity contribution in [2.45, 2.75) is 74.8 Å². The second-order valence-electron chi connectivity index (χ2n) is 34.3. The van der Waals surface area contributed by atoms with E-state index in [0.717, 1.165) is 86.4 Å². The summed E-state index contributed by atoms with van der Waals surface area (Å²) >= 11 is 5.84. The molecule has 5 N–H and O–H groups in total. The number of likely N-dealkylation sites (N-methyl/N-ethyl adjacent to an activating group) is 1. The molecule has 13 aromatic carbocycles. The Morgan fingerprint density at radius 3 is 1.06 bits per heavy atom. The van der Waals surface area contributed by atoms with Crippen molar-refractivity contribution in [3.63, 3.8) is 0 Å². The minimum Gasteiger partial charge on any atom is -0.619 e. The molecule has 4 heterocycles. The maximum Gasteiger partial charge on any atom is 0.257 e. The maximum atomic E-state index is 13.2. The number of carbonyl (C=O) groups is 5. The Kier molecular flexibility index (Phi) is 41.5. The standard InChI is InChI=1S/C30H29NO3.C28H33N3O.C21H19ClN2O.C21H18F2N2O.C21H20N2O2/c32-30(23-34-28-18-16-27(17-19-28)33-22-24-10-4-1-5-11-24)31-21-20-29(25-12-6-2-7-13-25)26-14-8-3-9-15-26;1-30-18-20-31(21-19-30)22-23-12-14-26(15-13-23)28(32)29-17-16-27(24-8-4-2-5-9-24)25-10-6-3-7-11-25;22-20-15-18(11-13-23-20)21(25)24-14-12-19(16-7-3-1-4-8-16)17-9-5-2-6-10-17;22-18-7-3-15(4-8-18)20(16-5-9-19(23)10-6-16)11-13-25-21(26)17-2-1-12-24-14-17;24-21(19-12-7-15-23(25)16-19)22-14-13-20(17-8-3-1-4-9-17)18-10-5-2-6-11-18/h1-19,29H,20-23H2,(H,31,32);2-15,27H,16-22H2,1H3,(H,29,32);1-11,13,15,19H,12,14H2,(H,24,25);1-10,12,14,20H,11,13H2,(H,25,26);1-12,15-16,20H,13-14H2,(H,22,24). The minimum absolute atomic E-state index is 0.00368. The molecule has 722 valence electrons. The first-order chi connectivity index (χ1) is 69.6. The van der Waals surface area contributed by atoms with Gasteiger partial charge in [-0.1, -0.05) is 321 Å². The normalized spacial score (nSPS) is 11.6. The van der Waals surface area contributed by atoms with Crippen molar-refractivity contribution in [1.29, 1.82) is 0 Å². The largest absolute Gasteiger partial charge is 0.619 e. The summed E-state index contributed by atoms with van der Waals surface area (Å²) in [5.74, 6) is 0.938. The van der Waals surface area contributed by atoms with Crippen LogP contribution in [-0.4, -0.2) is 122 Å². The average Bonchev–Trinajstić information content (AvgIpc) is 0.845. The Balaban J connectivity index is 0.000000150. The van der Waals surface area contributed by atoms with Crippen molar-refractivity contribution < 1.29 is 47.0 Å². The smallest absolute Gasteiger partial charge is 0.257 e. The van der Waals surface area contributed by atoms with E-state index < -0.39 is 0 Å². The molecule has 1 aliphatic rings. The number of rotatable bonds is 37. The van der Waals surface area contributed by atoms with E-state index in [2.05, 4.69) is 211 Å². The summed E-state index contributed by atoms with van der Waals surface area (Å²) in [6, 6.07) is 131. The highest BCUT2D eigenvalue weighted by Crippen LogP contribution is 2.34. The van der Waals surface area contributed by atoms with Crippen LogP contribution in [0.2, 0.25) is 5.15 Å². The van der Waals surface area contributed by atoms with Gasteiger partial charge in [-0.2, -0.15) is 4.73 Å². The summed E-state index contributed by atoms with van der Waals surface area (Å²) in [4.78, 5) is 74.3. The third kappa shape index (κ3) is 34.3. The van der Waals surface area contributed by atoms with Gasteiger partial charge in [-0.25, -0.2) is 13.8 Å². The van der Waals surface area contributed by atoms with Crippen LogP contribution in [0, 0.1) is 16.8 Å². The summed E-state index contributed by atoms with van der Waals surface area (Å²) < 4.78 is 38.5. The lowest BCUT2D eigenvalue weighted by molar-refractivity contribution is -0.605. The van der Waals surface area contributed by atoms with Gasteiger partial charge in [0.1, 0.15) is 40.5 Å². The van der Waals surface area contributed by atoms with E-state index in [0.29, 0.717) is 78.1 Å². The number of carbonyl (C=O) groups excluding carboxylic acids is 5. The second kappa shape index (κ2) is 56.9. The third-order valence-electron chi connectivity index (χ3n) is 24.4. The lowest BCUT2D eigenvalue weighted by atomic mass is 9.88. The number of pyridine rings is 3. The molecule has 16 aromatic rings. The molecule has 0 saturated carbocycles. The van der Waals surface area contributed by atoms with E-state index in [1.807, 2.05) is 164 Å². The predicted molar refractivity (Wildman–Crippen MR) is 560 cm³/mol. The van der Waals surface area contributed by atoms with Gasteiger partial charge < -0.3 is 46.2 Å². The molecule has 142 heavy (non-hydrogen) atoms. The molecule has 3 aromatic heterocycles. The Hall–Kier alpha value is -15.9. The van der Waals surface area contributed by atoms with Crippen molar-refractivity contribution in [3.8, 4) is 11.5 Å². The number of hydrogen-bond acceptors (Lipinski definition) is 12. The first-order valence-corrected chi connectivity index (χ1v) is 48.4. The molecule has 21 heteroatoms. The Morgan fingerprint density at radius 2 is 0.690 bits per heavy atom. The monoisotopic (exact) mass is 1910 g/mol. The van der Waals surface area contributed by atoms with Crippen molar-refractivity contribution in [3.05, 3.63) is 548 Å². The summed E-state index contributed by atoms with van der Waals surface area (Å²) in [6.07, 6.45) is 11.2. The lowest BCUT2D eigenvalue weighted by Crippen LogP contribution is -2.43.